The van der Waals surface area contributed by atoms with Crippen molar-refractivity contribution in [2.45, 2.75) is 62.1 Å². The first-order valence-corrected chi connectivity index (χ1v) is 14.9. The molecule has 3 aromatic heterocycles. The lowest BCUT2D eigenvalue weighted by atomic mass is 9.84. The van der Waals surface area contributed by atoms with Gasteiger partial charge in [-0.3, -0.25) is 9.59 Å². The number of anilines is 1. The third-order valence-electron chi connectivity index (χ3n) is 6.11. The number of amides is 1. The van der Waals surface area contributed by atoms with Crippen LogP contribution in [0.2, 0.25) is 4.34 Å². The number of rotatable bonds is 8. The first kappa shape index (κ1) is 25.1. The number of thiophene rings is 1. The van der Waals surface area contributed by atoms with Crippen LogP contribution in [-0.4, -0.2) is 23.9 Å². The molecule has 0 spiro atoms. The van der Waals surface area contributed by atoms with Crippen LogP contribution in [0.5, 0.6) is 0 Å². The molecule has 0 bridgehead atoms. The Morgan fingerprint density at radius 3 is 2.68 bits per heavy atom. The Hall–Kier alpha value is -2.01. The summed E-state index contributed by atoms with van der Waals surface area (Å²) in [6.07, 6.45) is 7.38. The molecule has 0 saturated heterocycles. The summed E-state index contributed by atoms with van der Waals surface area (Å²) in [6, 6.07) is 5.41. The highest BCUT2D eigenvalue weighted by Gasteiger charge is 2.29. The molecule has 11 heteroatoms. The van der Waals surface area contributed by atoms with Crippen molar-refractivity contribution < 1.29 is 13.2 Å². The molecule has 1 aliphatic carbocycles. The van der Waals surface area contributed by atoms with Gasteiger partial charge in [-0.2, -0.15) is 0 Å². The minimum absolute atomic E-state index is 0.0248. The lowest BCUT2D eigenvalue weighted by Crippen LogP contribution is -2.36. The summed E-state index contributed by atoms with van der Waals surface area (Å²) in [5.41, 5.74) is -0.0664. The predicted molar refractivity (Wildman–Crippen MR) is 137 cm³/mol. The Balaban J connectivity index is 1.66. The number of halogens is 1. The van der Waals surface area contributed by atoms with Crippen molar-refractivity contribution in [2.75, 3.05) is 5.32 Å². The molecule has 1 atom stereocenters. The van der Waals surface area contributed by atoms with Crippen molar-refractivity contribution in [3.8, 4) is 0 Å². The van der Waals surface area contributed by atoms with Gasteiger partial charge in [-0.25, -0.2) is 13.4 Å². The number of carbonyl (C=O) groups excluding carboxylic acids is 1. The molecule has 182 valence electrons. The predicted octanol–water partition coefficient (Wildman–Crippen LogP) is 5.45. The molecule has 1 fully saturated rings. The van der Waals surface area contributed by atoms with Crippen LogP contribution in [0.4, 0.5) is 5.13 Å². The molecule has 1 unspecified atom stereocenters. The van der Waals surface area contributed by atoms with Crippen LogP contribution in [-0.2, 0) is 20.4 Å². The summed E-state index contributed by atoms with van der Waals surface area (Å²) in [5.74, 6) is -0.196. The van der Waals surface area contributed by atoms with Crippen molar-refractivity contribution >= 4 is 55.2 Å². The molecule has 4 rings (SSSR count). The molecule has 34 heavy (non-hydrogen) atoms. The van der Waals surface area contributed by atoms with E-state index in [1.54, 1.807) is 19.1 Å². The molecule has 0 radical (unpaired) electrons. The van der Waals surface area contributed by atoms with Gasteiger partial charge in [-0.1, -0.05) is 61.1 Å². The average Bonchev–Trinajstić information content (AvgIpc) is 3.44. The fourth-order valence-electron chi connectivity index (χ4n) is 4.50. The Kier molecular flexibility index (Phi) is 7.91. The van der Waals surface area contributed by atoms with Crippen molar-refractivity contribution in [3.63, 3.8) is 0 Å². The van der Waals surface area contributed by atoms with Crippen LogP contribution in [0.3, 0.4) is 0 Å². The Morgan fingerprint density at radius 2 is 2.06 bits per heavy atom. The van der Waals surface area contributed by atoms with Gasteiger partial charge in [0.1, 0.15) is 10.4 Å². The number of pyridine rings is 1. The van der Waals surface area contributed by atoms with E-state index in [4.69, 9.17) is 11.6 Å². The molecule has 7 nitrogen and oxygen atoms in total. The third-order valence-corrected chi connectivity index (χ3v) is 9.84. The molecular formula is C23H26ClN3O4S3. The van der Waals surface area contributed by atoms with Gasteiger partial charge < -0.3 is 9.88 Å². The van der Waals surface area contributed by atoms with Crippen LogP contribution in [0.25, 0.3) is 0 Å². The topological polar surface area (TPSA) is 98.1 Å². The van der Waals surface area contributed by atoms with E-state index in [2.05, 4.69) is 10.3 Å². The van der Waals surface area contributed by atoms with Crippen LogP contribution in [0.15, 0.2) is 45.5 Å². The van der Waals surface area contributed by atoms with E-state index in [1.807, 2.05) is 5.38 Å². The van der Waals surface area contributed by atoms with Crippen LogP contribution < -0.4 is 10.9 Å². The van der Waals surface area contributed by atoms with E-state index in [-0.39, 0.29) is 16.6 Å². The van der Waals surface area contributed by atoms with Gasteiger partial charge in [-0.05, 0) is 36.8 Å². The number of nitrogens with zero attached hydrogens (tertiary/aromatic N) is 2. The smallest absolute Gasteiger partial charge is 0.252 e. The van der Waals surface area contributed by atoms with Crippen molar-refractivity contribution in [3.05, 3.63) is 61.1 Å². The number of carbonyl (C=O) groups is 1. The van der Waals surface area contributed by atoms with Gasteiger partial charge in [0.05, 0.1) is 16.8 Å². The van der Waals surface area contributed by atoms with Crippen molar-refractivity contribution in [2.24, 2.45) is 5.92 Å². The molecule has 1 amide bonds. The number of aryl methyl sites for hydroxylation is 1. The number of aromatic nitrogens is 2. The van der Waals surface area contributed by atoms with Gasteiger partial charge in [0.2, 0.25) is 5.91 Å². The van der Waals surface area contributed by atoms with Crippen molar-refractivity contribution in [1.82, 2.24) is 9.55 Å². The maximum atomic E-state index is 13.3. The lowest BCUT2D eigenvalue weighted by molar-refractivity contribution is -0.120. The normalized spacial score (nSPS) is 15.8. The van der Waals surface area contributed by atoms with Gasteiger partial charge >= 0.3 is 0 Å². The molecule has 1 saturated carbocycles. The number of hydrogen-bond acceptors (Lipinski definition) is 7. The highest BCUT2D eigenvalue weighted by Crippen LogP contribution is 2.32. The van der Waals surface area contributed by atoms with E-state index >= 15 is 0 Å². The standard InChI is InChI=1S/C23H26ClN3O4S3/c1-15-10-18(34(30,31)14-17-8-5-9-32-17)12-21(28)27(15)19(11-16-6-3-2-4-7-16)22(29)26-23-25-13-20(24)33-23/h5,8-10,12-13,16,19H,2-4,6-7,11,14H2,1H3,(H,25,26,29). The number of sulfone groups is 1. The number of thiazole rings is 1. The summed E-state index contributed by atoms with van der Waals surface area (Å²) in [5, 5.41) is 4.97. The van der Waals surface area contributed by atoms with Crippen LogP contribution >= 0.6 is 34.3 Å². The second-order valence-electron chi connectivity index (χ2n) is 8.59. The summed E-state index contributed by atoms with van der Waals surface area (Å²) in [7, 11) is -3.69. The zero-order chi connectivity index (χ0) is 24.3. The number of nitrogens with one attached hydrogen (secondary N) is 1. The summed E-state index contributed by atoms with van der Waals surface area (Å²) < 4.78 is 27.8. The van der Waals surface area contributed by atoms with Gasteiger partial charge in [0, 0.05) is 16.6 Å². The minimum atomic E-state index is -3.69. The van der Waals surface area contributed by atoms with Gasteiger partial charge in [-0.15, -0.1) is 11.3 Å². The summed E-state index contributed by atoms with van der Waals surface area (Å²) in [6.45, 7) is 1.67. The van der Waals surface area contributed by atoms with Crippen LogP contribution in [0.1, 0.15) is 55.1 Å². The molecule has 1 aliphatic rings. The van der Waals surface area contributed by atoms with E-state index in [0.29, 0.717) is 32.4 Å². The first-order chi connectivity index (χ1) is 16.2. The molecule has 3 heterocycles. The van der Waals surface area contributed by atoms with E-state index in [9.17, 15) is 18.0 Å². The molecule has 1 N–H and O–H groups in total. The largest absolute Gasteiger partial charge is 0.300 e. The molecule has 3 aromatic rings. The maximum absolute atomic E-state index is 13.3. The highest BCUT2D eigenvalue weighted by molar-refractivity contribution is 7.90. The average molecular weight is 540 g/mol. The fraction of sp³-hybridized carbons (Fsp3) is 0.435. The Labute approximate surface area is 211 Å². The second kappa shape index (κ2) is 10.7. The second-order valence-corrected chi connectivity index (χ2v) is 13.3. The molecular weight excluding hydrogens is 514 g/mol. The van der Waals surface area contributed by atoms with Gasteiger partial charge in [0.25, 0.3) is 5.56 Å². The van der Waals surface area contributed by atoms with E-state index in [1.165, 1.54) is 34.6 Å². The maximum Gasteiger partial charge on any atom is 0.252 e. The SMILES string of the molecule is Cc1cc(S(=O)(=O)Cc2cccs2)cc(=O)n1C(CC1CCCCC1)C(=O)Nc1ncc(Cl)s1. The Morgan fingerprint density at radius 1 is 1.29 bits per heavy atom. The Bertz CT molecular complexity index is 1310. The zero-order valence-corrected chi connectivity index (χ0v) is 21.9. The number of hydrogen-bond donors (Lipinski definition) is 1. The summed E-state index contributed by atoms with van der Waals surface area (Å²) >= 11 is 8.45. The third kappa shape index (κ3) is 5.97. The van der Waals surface area contributed by atoms with E-state index in [0.717, 1.165) is 43.1 Å². The van der Waals surface area contributed by atoms with Gasteiger partial charge in [0.15, 0.2) is 15.0 Å². The fourth-order valence-corrected chi connectivity index (χ4v) is 7.81. The van der Waals surface area contributed by atoms with Crippen LogP contribution in [0, 0.1) is 12.8 Å². The molecule has 0 aliphatic heterocycles. The zero-order valence-electron chi connectivity index (χ0n) is 18.7. The minimum Gasteiger partial charge on any atom is -0.300 e. The quantitative estimate of drug-likeness (QED) is 0.410. The van der Waals surface area contributed by atoms with E-state index < -0.39 is 21.4 Å². The lowest BCUT2D eigenvalue weighted by Gasteiger charge is -2.28. The van der Waals surface area contributed by atoms with Crippen molar-refractivity contribution in [1.29, 1.82) is 0 Å². The summed E-state index contributed by atoms with van der Waals surface area (Å²) in [4.78, 5) is 31.3. The molecule has 0 aromatic carbocycles. The highest BCUT2D eigenvalue weighted by atomic mass is 35.5. The monoisotopic (exact) mass is 539 g/mol. The first-order valence-electron chi connectivity index (χ1n) is 11.1.